The fraction of sp³-hybridized carbons (Fsp3) is 0.500. The molecule has 0 unspecified atom stereocenters. The van der Waals surface area contributed by atoms with Crippen LogP contribution in [-0.2, 0) is 4.74 Å². The molecular formula is C4H6B2Br2O3. The van der Waals surface area contributed by atoms with Crippen LogP contribution in [0.5, 0.6) is 0 Å². The van der Waals surface area contributed by atoms with Crippen molar-refractivity contribution in [1.82, 2.24) is 0 Å². The lowest BCUT2D eigenvalue weighted by Gasteiger charge is -1.97. The zero-order valence-electron chi connectivity index (χ0n) is 5.81. The molecule has 0 aliphatic heterocycles. The Morgan fingerprint density at radius 1 is 1.09 bits per heavy atom. The number of carbonyl (C=O) groups is 2. The molecule has 0 N–H and O–H groups in total. The maximum absolute atomic E-state index is 10.6. The van der Waals surface area contributed by atoms with Crippen molar-refractivity contribution in [2.75, 3.05) is 10.5 Å². The predicted molar refractivity (Wildman–Crippen MR) is 53.8 cm³/mol. The molecule has 60 valence electrons. The highest BCUT2D eigenvalue weighted by atomic mass is 79.9. The van der Waals surface area contributed by atoms with E-state index < -0.39 is 11.7 Å². The van der Waals surface area contributed by atoms with Gasteiger partial charge in [-0.2, -0.15) is 0 Å². The number of rotatable bonds is 4. The minimum absolute atomic E-state index is 0.230. The first kappa shape index (κ1) is 11.2. The summed E-state index contributed by atoms with van der Waals surface area (Å²) in [7, 11) is 0.460. The van der Waals surface area contributed by atoms with Crippen LogP contribution in [0.1, 0.15) is 0 Å². The lowest BCUT2D eigenvalue weighted by molar-refractivity contribution is 0.184. The van der Waals surface area contributed by atoms with Gasteiger partial charge in [0.1, 0.15) is 0 Å². The minimum Gasteiger partial charge on any atom is -0.411 e. The van der Waals surface area contributed by atoms with Gasteiger partial charge in [-0.25, -0.2) is 0 Å². The third-order valence-electron chi connectivity index (χ3n) is 0.825. The van der Waals surface area contributed by atoms with Crippen LogP contribution in [0.15, 0.2) is 0 Å². The molecule has 0 fully saturated rings. The van der Waals surface area contributed by atoms with Gasteiger partial charge in [0.25, 0.3) is 26.3 Å². The van der Waals surface area contributed by atoms with Gasteiger partial charge in [-0.15, -0.1) is 31.9 Å². The van der Waals surface area contributed by atoms with Crippen molar-refractivity contribution in [2.24, 2.45) is 0 Å². The van der Waals surface area contributed by atoms with Crippen LogP contribution in [0, 0.1) is 0 Å². The highest BCUT2D eigenvalue weighted by molar-refractivity contribution is 9.09. The molecule has 0 bridgehead atoms. The first-order chi connectivity index (χ1) is 5.20. The second kappa shape index (κ2) is 6.91. The van der Waals surface area contributed by atoms with Crippen molar-refractivity contribution < 1.29 is 14.3 Å². The smallest absolute Gasteiger partial charge is 0.271 e. The van der Waals surface area contributed by atoms with E-state index in [9.17, 15) is 9.59 Å². The normalized spacial score (nSPS) is 8.55. The Kier molecular flexibility index (Phi) is 7.05. The molecule has 3 nitrogen and oxygen atoms in total. The molecule has 0 spiro atoms. The summed E-state index contributed by atoms with van der Waals surface area (Å²) in [6, 6.07) is 0. The van der Waals surface area contributed by atoms with E-state index in [1.807, 2.05) is 0 Å². The molecule has 0 saturated carbocycles. The fourth-order valence-corrected chi connectivity index (χ4v) is 1.03. The summed E-state index contributed by atoms with van der Waals surface area (Å²) in [6.45, 7) is 0. The third kappa shape index (κ3) is 6.62. The van der Waals surface area contributed by atoms with E-state index in [0.717, 1.165) is 0 Å². The Hall–Kier alpha value is 0.230. The van der Waals surface area contributed by atoms with Crippen molar-refractivity contribution in [3.8, 4) is 0 Å². The summed E-state index contributed by atoms with van der Waals surface area (Å²) >= 11 is 6.11. The standard InChI is InChI=1S/C4H6B2Br2O3/c7-1-5-3(9)11-4(10)6-2-8/h5-6H,1-2H2. The van der Waals surface area contributed by atoms with Gasteiger partial charge in [-0.1, -0.05) is 0 Å². The topological polar surface area (TPSA) is 43.4 Å². The van der Waals surface area contributed by atoms with Crippen molar-refractivity contribution in [1.29, 1.82) is 0 Å². The molecule has 7 heteroatoms. The zero-order valence-corrected chi connectivity index (χ0v) is 8.98. The van der Waals surface area contributed by atoms with E-state index in [2.05, 4.69) is 36.6 Å². The summed E-state index contributed by atoms with van der Waals surface area (Å²) in [6.07, 6.45) is 0. The molecule has 0 rings (SSSR count). The average Bonchev–Trinajstić information content (AvgIpc) is 1.87. The lowest BCUT2D eigenvalue weighted by atomic mass is 9.80. The minimum atomic E-state index is -0.479. The van der Waals surface area contributed by atoms with Crippen LogP contribution in [0.4, 0.5) is 9.59 Å². The maximum atomic E-state index is 10.6. The molecular weight excluding hydrogens is 277 g/mol. The van der Waals surface area contributed by atoms with Crippen LogP contribution in [0.3, 0.4) is 0 Å². The zero-order chi connectivity index (χ0) is 8.69. The van der Waals surface area contributed by atoms with Gasteiger partial charge < -0.3 is 4.74 Å². The Balaban J connectivity index is 3.49. The molecule has 0 heterocycles. The Morgan fingerprint density at radius 2 is 1.45 bits per heavy atom. The Labute approximate surface area is 83.0 Å². The third-order valence-corrected chi connectivity index (χ3v) is 1.62. The van der Waals surface area contributed by atoms with Crippen LogP contribution in [0.2, 0.25) is 0 Å². The van der Waals surface area contributed by atoms with Crippen LogP contribution in [-0.4, -0.2) is 36.8 Å². The number of ether oxygens (including phenoxy) is 1. The van der Waals surface area contributed by atoms with Crippen molar-refractivity contribution in [3.63, 3.8) is 0 Å². The molecule has 0 aromatic rings. The second-order valence-corrected chi connectivity index (χ2v) is 3.31. The molecule has 0 saturated heterocycles. The molecule has 0 aliphatic rings. The SMILES string of the molecule is O=C(BCBr)OC(=O)BCBr. The predicted octanol–water partition coefficient (Wildman–Crippen LogP) is 0.821. The van der Waals surface area contributed by atoms with E-state index in [1.54, 1.807) is 0 Å². The molecule has 0 aromatic carbocycles. The summed E-state index contributed by atoms with van der Waals surface area (Å²) in [4.78, 5) is 21.3. The monoisotopic (exact) mass is 282 g/mol. The van der Waals surface area contributed by atoms with Crippen molar-refractivity contribution in [2.45, 2.75) is 0 Å². The largest absolute Gasteiger partial charge is 0.411 e. The Bertz CT molecular complexity index is 136. The number of carbonyl (C=O) groups excluding carboxylic acids is 2. The van der Waals surface area contributed by atoms with Gasteiger partial charge >= 0.3 is 0 Å². The van der Waals surface area contributed by atoms with E-state index in [-0.39, 0.29) is 14.6 Å². The highest BCUT2D eigenvalue weighted by Gasteiger charge is 2.10. The van der Waals surface area contributed by atoms with Gasteiger partial charge in [0.2, 0.25) is 0 Å². The molecule has 11 heavy (non-hydrogen) atoms. The fourth-order valence-electron chi connectivity index (χ4n) is 0.383. The average molecular weight is 284 g/mol. The number of hydrogen-bond acceptors (Lipinski definition) is 3. The molecule has 0 atom stereocenters. The van der Waals surface area contributed by atoms with Crippen molar-refractivity contribution >= 4 is 58.2 Å². The summed E-state index contributed by atoms with van der Waals surface area (Å²) < 4.78 is 4.39. The van der Waals surface area contributed by atoms with Crippen molar-refractivity contribution in [3.05, 3.63) is 0 Å². The lowest BCUT2D eigenvalue weighted by Crippen LogP contribution is -2.21. The first-order valence-electron chi connectivity index (χ1n) is 3.06. The van der Waals surface area contributed by atoms with Crippen LogP contribution >= 0.6 is 31.9 Å². The van der Waals surface area contributed by atoms with Gasteiger partial charge in [0.15, 0.2) is 0 Å². The van der Waals surface area contributed by atoms with Crippen LogP contribution in [0.25, 0.3) is 0 Å². The maximum Gasteiger partial charge on any atom is 0.271 e. The number of alkyl halides is 2. The van der Waals surface area contributed by atoms with E-state index >= 15 is 0 Å². The summed E-state index contributed by atoms with van der Waals surface area (Å²) in [5.74, 6) is -0.958. The molecule has 0 aromatic heterocycles. The summed E-state index contributed by atoms with van der Waals surface area (Å²) in [5, 5.41) is 1.04. The van der Waals surface area contributed by atoms with E-state index in [0.29, 0.717) is 10.5 Å². The molecule has 0 aliphatic carbocycles. The quantitative estimate of drug-likeness (QED) is 0.436. The molecule has 0 radical (unpaired) electrons. The Morgan fingerprint density at radius 3 is 1.73 bits per heavy atom. The van der Waals surface area contributed by atoms with Crippen LogP contribution < -0.4 is 0 Å². The van der Waals surface area contributed by atoms with Gasteiger partial charge in [-0.3, -0.25) is 9.59 Å². The summed E-state index contributed by atoms with van der Waals surface area (Å²) in [5.41, 5.74) is 0. The second-order valence-electron chi connectivity index (χ2n) is 1.72. The van der Waals surface area contributed by atoms with Gasteiger partial charge in [0, 0.05) is 0 Å². The van der Waals surface area contributed by atoms with E-state index in [1.165, 1.54) is 0 Å². The highest BCUT2D eigenvalue weighted by Crippen LogP contribution is 1.87. The number of hydrogen-bond donors (Lipinski definition) is 0. The van der Waals surface area contributed by atoms with Gasteiger partial charge in [-0.05, 0) is 10.5 Å². The number of halogens is 2. The molecule has 0 amide bonds. The first-order valence-corrected chi connectivity index (χ1v) is 5.30. The van der Waals surface area contributed by atoms with E-state index in [4.69, 9.17) is 0 Å². The van der Waals surface area contributed by atoms with Gasteiger partial charge in [0.05, 0.1) is 0 Å².